The maximum atomic E-state index is 12.3. The van der Waals surface area contributed by atoms with Crippen LogP contribution in [0.3, 0.4) is 0 Å². The van der Waals surface area contributed by atoms with Crippen molar-refractivity contribution < 1.29 is 4.79 Å². The third kappa shape index (κ3) is 5.97. The Labute approximate surface area is 199 Å². The summed E-state index contributed by atoms with van der Waals surface area (Å²) in [5.41, 5.74) is 6.94. The lowest BCUT2D eigenvalue weighted by Crippen LogP contribution is -2.21. The van der Waals surface area contributed by atoms with Crippen molar-refractivity contribution in [1.29, 1.82) is 0 Å². The minimum Gasteiger partial charge on any atom is -0.272 e. The molecule has 0 fully saturated rings. The fraction of sp³-hybridized carbons (Fsp3) is 0.167. The molecule has 0 aliphatic rings. The molecule has 1 N–H and O–H groups in total. The van der Waals surface area contributed by atoms with Gasteiger partial charge in [-0.05, 0) is 30.2 Å². The topological polar surface area (TPSA) is 67.2 Å². The molecule has 1 heterocycles. The van der Waals surface area contributed by atoms with Gasteiger partial charge in [-0.3, -0.25) is 4.79 Å². The van der Waals surface area contributed by atoms with Crippen molar-refractivity contribution in [2.24, 2.45) is 5.10 Å². The second-order valence-electron chi connectivity index (χ2n) is 7.16. The minimum absolute atomic E-state index is 0.168. The molecule has 0 aliphatic carbocycles. The van der Waals surface area contributed by atoms with Gasteiger partial charge >= 0.3 is 0 Å². The van der Waals surface area contributed by atoms with Gasteiger partial charge in [-0.2, -0.15) is 5.10 Å². The van der Waals surface area contributed by atoms with E-state index >= 15 is 0 Å². The van der Waals surface area contributed by atoms with E-state index in [1.165, 1.54) is 34.2 Å². The second kappa shape index (κ2) is 10.8. The van der Waals surface area contributed by atoms with E-state index in [0.29, 0.717) is 0 Å². The zero-order valence-corrected chi connectivity index (χ0v) is 20.2. The van der Waals surface area contributed by atoms with Gasteiger partial charge in [0.1, 0.15) is 0 Å². The molecule has 1 aromatic heterocycles. The summed E-state index contributed by atoms with van der Waals surface area (Å²) in [5.74, 6) is 0.921. The first-order chi connectivity index (χ1) is 15.6. The number of carbonyl (C=O) groups is 1. The highest BCUT2D eigenvalue weighted by Gasteiger charge is 2.10. The van der Waals surface area contributed by atoms with Crippen molar-refractivity contribution in [3.63, 3.8) is 0 Å². The van der Waals surface area contributed by atoms with E-state index in [1.807, 2.05) is 31.2 Å². The minimum atomic E-state index is -0.168. The van der Waals surface area contributed by atoms with Crippen molar-refractivity contribution >= 4 is 57.3 Å². The molecule has 32 heavy (non-hydrogen) atoms. The summed E-state index contributed by atoms with van der Waals surface area (Å²) in [6.07, 6.45) is 0. The molecule has 0 aliphatic heterocycles. The summed E-state index contributed by atoms with van der Waals surface area (Å²) in [6, 6.07) is 22.7. The van der Waals surface area contributed by atoms with Gasteiger partial charge in [0.2, 0.25) is 0 Å². The molecule has 5 nitrogen and oxygen atoms in total. The molecular weight excluding hydrogens is 456 g/mol. The van der Waals surface area contributed by atoms with Crippen LogP contribution in [0, 0.1) is 6.92 Å². The molecule has 4 aromatic rings. The fourth-order valence-electron chi connectivity index (χ4n) is 3.05. The molecule has 1 amide bonds. The summed E-state index contributed by atoms with van der Waals surface area (Å²) < 4.78 is 1.68. The molecule has 0 radical (unpaired) electrons. The van der Waals surface area contributed by atoms with E-state index in [2.05, 4.69) is 70.1 Å². The highest BCUT2D eigenvalue weighted by molar-refractivity contribution is 8.03. The molecule has 0 saturated heterocycles. The van der Waals surface area contributed by atoms with Gasteiger partial charge in [-0.1, -0.05) is 107 Å². The number of nitrogens with zero attached hydrogens (tertiary/aromatic N) is 3. The van der Waals surface area contributed by atoms with E-state index in [0.717, 1.165) is 36.5 Å². The van der Waals surface area contributed by atoms with E-state index in [-0.39, 0.29) is 11.7 Å². The van der Waals surface area contributed by atoms with Crippen LogP contribution in [0.25, 0.3) is 10.8 Å². The number of carbonyl (C=O) groups excluding carboxylic acids is 1. The number of aryl methyl sites for hydroxylation is 1. The van der Waals surface area contributed by atoms with Crippen LogP contribution in [-0.2, 0) is 10.5 Å². The number of rotatable bonds is 8. The summed E-state index contributed by atoms with van der Waals surface area (Å²) in [5, 5.41) is 15.0. The van der Waals surface area contributed by atoms with Crippen LogP contribution >= 0.6 is 34.9 Å². The maximum absolute atomic E-state index is 12.3. The zero-order chi connectivity index (χ0) is 22.3. The van der Waals surface area contributed by atoms with Gasteiger partial charge in [0.05, 0.1) is 11.5 Å². The number of fused-ring (bicyclic) bond motifs is 1. The molecular formula is C24H22N4OS3. The lowest BCUT2D eigenvalue weighted by Gasteiger charge is -2.06. The standard InChI is InChI=1S/C24H22N4OS3/c1-16-10-12-18(13-11-16)14-30-23-27-28-24(32-23)31-15-22(29)26-25-17(2)20-9-5-7-19-6-3-4-8-21(19)20/h3-13H,14-15H2,1-2H3,(H,26,29). The lowest BCUT2D eigenvalue weighted by atomic mass is 10.0. The van der Waals surface area contributed by atoms with Crippen LogP contribution in [0.1, 0.15) is 23.6 Å². The Morgan fingerprint density at radius 1 is 0.969 bits per heavy atom. The summed E-state index contributed by atoms with van der Waals surface area (Å²) in [4.78, 5) is 12.3. The van der Waals surface area contributed by atoms with Gasteiger partial charge in [-0.25, -0.2) is 5.43 Å². The van der Waals surface area contributed by atoms with Crippen molar-refractivity contribution in [3.8, 4) is 0 Å². The van der Waals surface area contributed by atoms with Crippen LogP contribution in [0.5, 0.6) is 0 Å². The van der Waals surface area contributed by atoms with Crippen molar-refractivity contribution in [2.75, 3.05) is 5.75 Å². The first kappa shape index (κ1) is 22.5. The number of hydrogen-bond acceptors (Lipinski definition) is 7. The van der Waals surface area contributed by atoms with Crippen LogP contribution in [-0.4, -0.2) is 27.6 Å². The van der Waals surface area contributed by atoms with Gasteiger partial charge < -0.3 is 0 Å². The van der Waals surface area contributed by atoms with Gasteiger partial charge in [-0.15, -0.1) is 10.2 Å². The molecule has 4 rings (SSSR count). The Hall–Kier alpha value is -2.68. The highest BCUT2D eigenvalue weighted by atomic mass is 32.2. The third-order valence-electron chi connectivity index (χ3n) is 4.73. The van der Waals surface area contributed by atoms with E-state index in [9.17, 15) is 4.79 Å². The van der Waals surface area contributed by atoms with Gasteiger partial charge in [0.15, 0.2) is 8.68 Å². The SMILES string of the molecule is CC(=NNC(=O)CSc1nnc(SCc2ccc(C)cc2)s1)c1cccc2ccccc12. The molecule has 0 bridgehead atoms. The average molecular weight is 479 g/mol. The largest absolute Gasteiger partial charge is 0.272 e. The lowest BCUT2D eigenvalue weighted by molar-refractivity contribution is -0.118. The fourth-order valence-corrected chi connectivity index (χ4v) is 5.82. The highest BCUT2D eigenvalue weighted by Crippen LogP contribution is 2.30. The Kier molecular flexibility index (Phi) is 7.57. The molecule has 3 aromatic carbocycles. The molecule has 0 atom stereocenters. The predicted octanol–water partition coefficient (Wildman–Crippen LogP) is 5.92. The normalized spacial score (nSPS) is 11.6. The first-order valence-corrected chi connectivity index (χ1v) is 12.8. The summed E-state index contributed by atoms with van der Waals surface area (Å²) >= 11 is 4.54. The van der Waals surface area contributed by atoms with Crippen molar-refractivity contribution in [1.82, 2.24) is 15.6 Å². The molecule has 0 spiro atoms. The zero-order valence-electron chi connectivity index (χ0n) is 17.7. The van der Waals surface area contributed by atoms with E-state index in [1.54, 1.807) is 11.8 Å². The molecule has 0 unspecified atom stereocenters. The van der Waals surface area contributed by atoms with Crippen LogP contribution in [0.15, 0.2) is 80.5 Å². The number of amides is 1. The van der Waals surface area contributed by atoms with E-state index < -0.39 is 0 Å². The Morgan fingerprint density at radius 2 is 1.69 bits per heavy atom. The number of aromatic nitrogens is 2. The number of thioether (sulfide) groups is 2. The number of hydrazone groups is 1. The predicted molar refractivity (Wildman–Crippen MR) is 136 cm³/mol. The maximum Gasteiger partial charge on any atom is 0.250 e. The quantitative estimate of drug-likeness (QED) is 0.193. The number of benzene rings is 3. The first-order valence-electron chi connectivity index (χ1n) is 10.0. The monoisotopic (exact) mass is 478 g/mol. The number of nitrogens with one attached hydrogen (secondary N) is 1. The third-order valence-corrected chi connectivity index (χ3v) is 7.99. The van der Waals surface area contributed by atoms with E-state index in [4.69, 9.17) is 0 Å². The molecule has 8 heteroatoms. The molecule has 0 saturated carbocycles. The van der Waals surface area contributed by atoms with Crippen LogP contribution in [0.4, 0.5) is 0 Å². The Morgan fingerprint density at radius 3 is 2.50 bits per heavy atom. The number of hydrogen-bond donors (Lipinski definition) is 1. The molecule has 162 valence electrons. The van der Waals surface area contributed by atoms with Gasteiger partial charge in [0, 0.05) is 11.3 Å². The summed E-state index contributed by atoms with van der Waals surface area (Å²) in [6.45, 7) is 3.98. The second-order valence-corrected chi connectivity index (χ2v) is 10.6. The van der Waals surface area contributed by atoms with Crippen LogP contribution in [0.2, 0.25) is 0 Å². The van der Waals surface area contributed by atoms with Crippen molar-refractivity contribution in [3.05, 3.63) is 83.4 Å². The van der Waals surface area contributed by atoms with Crippen LogP contribution < -0.4 is 5.43 Å². The van der Waals surface area contributed by atoms with Gasteiger partial charge in [0.25, 0.3) is 5.91 Å². The Bertz CT molecular complexity index is 1250. The Balaban J connectivity index is 1.28. The smallest absolute Gasteiger partial charge is 0.250 e. The average Bonchev–Trinajstić information content (AvgIpc) is 3.28. The summed E-state index contributed by atoms with van der Waals surface area (Å²) in [7, 11) is 0. The van der Waals surface area contributed by atoms with Crippen molar-refractivity contribution in [2.45, 2.75) is 28.3 Å².